The molecule has 17 heavy (non-hydrogen) atoms. The number of hydrogen-bond donors (Lipinski definition) is 1. The summed E-state index contributed by atoms with van der Waals surface area (Å²) in [4.78, 5) is 15.4. The summed E-state index contributed by atoms with van der Waals surface area (Å²) in [6, 6.07) is 1.49. The van der Waals surface area contributed by atoms with Gasteiger partial charge in [-0.1, -0.05) is 0 Å². The van der Waals surface area contributed by atoms with Gasteiger partial charge in [-0.25, -0.2) is 4.39 Å². The van der Waals surface area contributed by atoms with Gasteiger partial charge in [0.25, 0.3) is 5.91 Å². The third kappa shape index (κ3) is 3.16. The number of amides is 1. The van der Waals surface area contributed by atoms with E-state index in [1.807, 2.05) is 0 Å². The van der Waals surface area contributed by atoms with E-state index in [-0.39, 0.29) is 22.9 Å². The standard InChI is InChI=1S/C12H14ClFN2O/c13-8-1-3-9(4-2-8)16-12(17)10-5-6-15-7-11(10)14/h5-9H,1-4H2,(H,16,17). The second kappa shape index (κ2) is 5.45. The average molecular weight is 257 g/mol. The minimum absolute atomic E-state index is 0.0491. The first-order valence-corrected chi connectivity index (χ1v) is 6.15. The lowest BCUT2D eigenvalue weighted by molar-refractivity contribution is 0.0923. The predicted molar refractivity (Wildman–Crippen MR) is 63.6 cm³/mol. The molecule has 1 aliphatic carbocycles. The van der Waals surface area contributed by atoms with Crippen molar-refractivity contribution in [1.29, 1.82) is 0 Å². The number of nitrogens with zero attached hydrogens (tertiary/aromatic N) is 1. The Morgan fingerprint density at radius 3 is 2.76 bits per heavy atom. The van der Waals surface area contributed by atoms with Gasteiger partial charge in [0.05, 0.1) is 11.8 Å². The largest absolute Gasteiger partial charge is 0.349 e. The third-order valence-electron chi connectivity index (χ3n) is 3.01. The number of nitrogens with one attached hydrogen (secondary N) is 1. The van der Waals surface area contributed by atoms with E-state index in [9.17, 15) is 9.18 Å². The molecule has 0 aromatic carbocycles. The van der Waals surface area contributed by atoms with Crippen molar-refractivity contribution in [2.24, 2.45) is 0 Å². The van der Waals surface area contributed by atoms with Crippen molar-refractivity contribution in [2.75, 3.05) is 0 Å². The van der Waals surface area contributed by atoms with E-state index in [0.717, 1.165) is 31.9 Å². The van der Waals surface area contributed by atoms with Crippen molar-refractivity contribution < 1.29 is 9.18 Å². The van der Waals surface area contributed by atoms with Gasteiger partial charge >= 0.3 is 0 Å². The smallest absolute Gasteiger partial charge is 0.254 e. The van der Waals surface area contributed by atoms with Crippen LogP contribution in [0.5, 0.6) is 0 Å². The van der Waals surface area contributed by atoms with Gasteiger partial charge < -0.3 is 5.32 Å². The molecule has 92 valence electrons. The Kier molecular flexibility index (Phi) is 3.94. The fraction of sp³-hybridized carbons (Fsp3) is 0.500. The highest BCUT2D eigenvalue weighted by molar-refractivity contribution is 6.20. The summed E-state index contributed by atoms with van der Waals surface area (Å²) in [5, 5.41) is 3.04. The van der Waals surface area contributed by atoms with Crippen LogP contribution in [0.25, 0.3) is 0 Å². The topological polar surface area (TPSA) is 42.0 Å². The van der Waals surface area contributed by atoms with Gasteiger partial charge in [-0.3, -0.25) is 9.78 Å². The maximum atomic E-state index is 13.3. The van der Waals surface area contributed by atoms with Gasteiger partial charge in [-0.15, -0.1) is 11.6 Å². The molecule has 1 fully saturated rings. The maximum absolute atomic E-state index is 13.3. The number of aromatic nitrogens is 1. The number of carbonyl (C=O) groups excluding carboxylic acids is 1. The summed E-state index contributed by atoms with van der Waals surface area (Å²) in [6.45, 7) is 0. The van der Waals surface area contributed by atoms with Gasteiger partial charge in [0.2, 0.25) is 0 Å². The van der Waals surface area contributed by atoms with Crippen LogP contribution in [0.2, 0.25) is 0 Å². The highest BCUT2D eigenvalue weighted by Gasteiger charge is 2.22. The minimum atomic E-state index is -0.587. The van der Waals surface area contributed by atoms with Crippen molar-refractivity contribution >= 4 is 17.5 Å². The molecule has 3 nitrogen and oxygen atoms in total. The molecule has 2 rings (SSSR count). The van der Waals surface area contributed by atoms with Crippen molar-refractivity contribution in [3.05, 3.63) is 29.8 Å². The molecule has 1 aromatic rings. The summed E-state index contributed by atoms with van der Waals surface area (Å²) in [5.74, 6) is -0.959. The molecule has 0 saturated heterocycles. The highest BCUT2D eigenvalue weighted by atomic mass is 35.5. The van der Waals surface area contributed by atoms with Gasteiger partial charge in [0, 0.05) is 17.6 Å². The van der Waals surface area contributed by atoms with Crippen LogP contribution in [0.3, 0.4) is 0 Å². The number of rotatable bonds is 2. The molecule has 1 aliphatic rings. The van der Waals surface area contributed by atoms with Gasteiger partial charge in [-0.05, 0) is 31.7 Å². The fourth-order valence-corrected chi connectivity index (χ4v) is 2.27. The van der Waals surface area contributed by atoms with E-state index in [1.165, 1.54) is 12.3 Å². The van der Waals surface area contributed by atoms with Crippen LogP contribution in [0.15, 0.2) is 18.5 Å². The Balaban J connectivity index is 1.96. The fourth-order valence-electron chi connectivity index (χ4n) is 2.02. The van der Waals surface area contributed by atoms with E-state index in [4.69, 9.17) is 11.6 Å². The molecule has 5 heteroatoms. The molecule has 0 radical (unpaired) electrons. The van der Waals surface area contributed by atoms with Crippen molar-refractivity contribution in [3.8, 4) is 0 Å². The lowest BCUT2D eigenvalue weighted by atomic mass is 9.95. The van der Waals surface area contributed by atoms with E-state index in [1.54, 1.807) is 0 Å². The van der Waals surface area contributed by atoms with E-state index >= 15 is 0 Å². The molecule has 0 spiro atoms. The van der Waals surface area contributed by atoms with Crippen LogP contribution in [0, 0.1) is 5.82 Å². The highest BCUT2D eigenvalue weighted by Crippen LogP contribution is 2.23. The van der Waals surface area contributed by atoms with Gasteiger partial charge in [0.15, 0.2) is 5.82 Å². The molecule has 0 atom stereocenters. The van der Waals surface area contributed by atoms with Crippen LogP contribution >= 0.6 is 11.6 Å². The van der Waals surface area contributed by atoms with Crippen molar-refractivity contribution in [1.82, 2.24) is 10.3 Å². The number of alkyl halides is 1. The maximum Gasteiger partial charge on any atom is 0.254 e. The number of carbonyl (C=O) groups is 1. The Hall–Kier alpha value is -1.16. The molecular weight excluding hydrogens is 243 g/mol. The molecule has 1 N–H and O–H groups in total. The van der Waals surface area contributed by atoms with Crippen molar-refractivity contribution in [2.45, 2.75) is 37.1 Å². The third-order valence-corrected chi connectivity index (χ3v) is 3.45. The first-order chi connectivity index (χ1) is 8.16. The van der Waals surface area contributed by atoms with Crippen LogP contribution < -0.4 is 5.32 Å². The predicted octanol–water partition coefficient (Wildman–Crippen LogP) is 2.50. The summed E-state index contributed by atoms with van der Waals surface area (Å²) in [7, 11) is 0. The van der Waals surface area contributed by atoms with Gasteiger partial charge in [-0.2, -0.15) is 0 Å². The summed E-state index contributed by atoms with van der Waals surface area (Å²) >= 11 is 5.98. The number of hydrogen-bond acceptors (Lipinski definition) is 2. The van der Waals surface area contributed by atoms with Crippen LogP contribution in [0.1, 0.15) is 36.0 Å². The molecule has 0 aliphatic heterocycles. The Bertz CT molecular complexity index is 405. The molecule has 1 amide bonds. The van der Waals surface area contributed by atoms with Crippen LogP contribution in [-0.4, -0.2) is 22.3 Å². The number of pyridine rings is 1. The van der Waals surface area contributed by atoms with E-state index in [2.05, 4.69) is 10.3 Å². The second-order valence-electron chi connectivity index (χ2n) is 4.28. The molecule has 0 unspecified atom stereocenters. The van der Waals surface area contributed by atoms with Crippen LogP contribution in [0.4, 0.5) is 4.39 Å². The normalized spacial score (nSPS) is 24.4. The zero-order valence-electron chi connectivity index (χ0n) is 9.33. The molecule has 1 saturated carbocycles. The zero-order chi connectivity index (χ0) is 12.3. The van der Waals surface area contributed by atoms with Gasteiger partial charge in [0.1, 0.15) is 0 Å². The SMILES string of the molecule is O=C(NC1CCC(Cl)CC1)c1ccncc1F. The van der Waals surface area contributed by atoms with Crippen molar-refractivity contribution in [3.63, 3.8) is 0 Å². The second-order valence-corrected chi connectivity index (χ2v) is 4.90. The molecular formula is C12H14ClFN2O. The lowest BCUT2D eigenvalue weighted by Gasteiger charge is -2.25. The Morgan fingerprint density at radius 2 is 2.12 bits per heavy atom. The molecule has 0 bridgehead atoms. The molecule has 1 aromatic heterocycles. The van der Waals surface area contributed by atoms with E-state index < -0.39 is 5.82 Å². The van der Waals surface area contributed by atoms with Crippen LogP contribution in [-0.2, 0) is 0 Å². The summed E-state index contributed by atoms with van der Waals surface area (Å²) in [6.07, 6.45) is 5.95. The summed E-state index contributed by atoms with van der Waals surface area (Å²) in [5.41, 5.74) is 0.0491. The summed E-state index contributed by atoms with van der Waals surface area (Å²) < 4.78 is 13.3. The average Bonchev–Trinajstić information content (AvgIpc) is 2.32. The number of halogens is 2. The molecule has 1 heterocycles. The Morgan fingerprint density at radius 1 is 1.41 bits per heavy atom. The lowest BCUT2D eigenvalue weighted by Crippen LogP contribution is -2.38. The van der Waals surface area contributed by atoms with E-state index in [0.29, 0.717) is 0 Å². The Labute approximate surface area is 104 Å². The monoisotopic (exact) mass is 256 g/mol. The first-order valence-electron chi connectivity index (χ1n) is 5.71. The quantitative estimate of drug-likeness (QED) is 0.826. The zero-order valence-corrected chi connectivity index (χ0v) is 10.1. The minimum Gasteiger partial charge on any atom is -0.349 e. The first kappa shape index (κ1) is 12.3.